The van der Waals surface area contributed by atoms with Crippen molar-refractivity contribution in [2.75, 3.05) is 76.7 Å². The van der Waals surface area contributed by atoms with Crippen LogP contribution in [0.4, 0.5) is 0 Å². The summed E-state index contributed by atoms with van der Waals surface area (Å²) in [4.78, 5) is 0. The molecule has 0 saturated heterocycles. The number of hydrogen-bond donors (Lipinski definition) is 0. The fourth-order valence-electron chi connectivity index (χ4n) is 5.29. The monoisotopic (exact) mass is 1100 g/mol. The summed E-state index contributed by atoms with van der Waals surface area (Å²) >= 11 is 0. The SMILES string of the molecule is CCO[Si](CCSSSSC(SSSSCC[Si](OCC)(OCC)OCC)(SSSSCC[Si](OCC)(OCC)OCC)C(C)CCCC(C)CC)(OCC)OCC. The molecule has 350 valence electrons. The maximum Gasteiger partial charge on any atom is 0.501 e. The standard InChI is InChI=1S/C34H76O9S12Si3/c1-13-32(11)24-23-25-33(12)34(47-53-50-44-26-29-56(35-14-2,36-15-3)37-16-4,48-54-51-45-27-30-57(38-17-5,39-18-6)40-19-7)49-55-52-46-28-31-58(41-20-8,42-21-9)43-22-10/h32-33H,13-31H2,1-12H3. The minimum atomic E-state index is -2.67. The molecule has 2 atom stereocenters. The second-order valence-corrected chi connectivity index (χ2v) is 39.8. The summed E-state index contributed by atoms with van der Waals surface area (Å²) < 4.78 is 55.0. The van der Waals surface area contributed by atoms with Gasteiger partial charge in [0.2, 0.25) is 0 Å². The van der Waals surface area contributed by atoms with Gasteiger partial charge >= 0.3 is 26.4 Å². The van der Waals surface area contributed by atoms with Crippen molar-refractivity contribution in [3.63, 3.8) is 0 Å². The lowest BCUT2D eigenvalue weighted by Gasteiger charge is -2.35. The molecule has 0 aromatic heterocycles. The Hall–Kier alpha value is 4.49. The van der Waals surface area contributed by atoms with Crippen LogP contribution >= 0.6 is 124 Å². The van der Waals surface area contributed by atoms with Gasteiger partial charge in [0, 0.05) is 94.9 Å². The van der Waals surface area contributed by atoms with Gasteiger partial charge in [-0.25, -0.2) is 0 Å². The molecule has 0 spiro atoms. The van der Waals surface area contributed by atoms with E-state index in [0.29, 0.717) is 65.4 Å². The second kappa shape index (κ2) is 40.5. The van der Waals surface area contributed by atoms with E-state index < -0.39 is 26.4 Å². The summed E-state index contributed by atoms with van der Waals surface area (Å²) in [6, 6.07) is 2.42. The van der Waals surface area contributed by atoms with E-state index >= 15 is 0 Å². The molecule has 0 bridgehead atoms. The first-order chi connectivity index (χ1) is 28.0. The topological polar surface area (TPSA) is 83.1 Å². The molecule has 0 saturated carbocycles. The van der Waals surface area contributed by atoms with Crippen molar-refractivity contribution in [3.8, 4) is 0 Å². The van der Waals surface area contributed by atoms with E-state index in [2.05, 4.69) is 20.8 Å². The lowest BCUT2D eigenvalue weighted by Crippen LogP contribution is -2.46. The molecule has 0 aliphatic heterocycles. The van der Waals surface area contributed by atoms with Crippen LogP contribution in [0.5, 0.6) is 0 Å². The normalized spacial score (nSPS) is 14.1. The molecule has 0 aromatic rings. The largest absolute Gasteiger partial charge is 0.501 e. The Bertz CT molecular complexity index is 796. The molecule has 58 heavy (non-hydrogen) atoms. The molecule has 9 nitrogen and oxygen atoms in total. The van der Waals surface area contributed by atoms with Gasteiger partial charge in [-0.3, -0.25) is 0 Å². The van der Waals surface area contributed by atoms with Crippen LogP contribution in [0.2, 0.25) is 18.1 Å². The van der Waals surface area contributed by atoms with Crippen molar-refractivity contribution < 1.29 is 39.8 Å². The van der Waals surface area contributed by atoms with Crippen molar-refractivity contribution in [1.82, 2.24) is 0 Å². The van der Waals surface area contributed by atoms with Crippen molar-refractivity contribution in [2.45, 2.75) is 130 Å². The second-order valence-electron chi connectivity index (χ2n) is 12.3. The summed E-state index contributed by atoms with van der Waals surface area (Å²) in [6.07, 6.45) is 4.93. The third-order valence-corrected chi connectivity index (χ3v) is 41.7. The van der Waals surface area contributed by atoms with Crippen molar-refractivity contribution >= 4 is 150 Å². The van der Waals surface area contributed by atoms with Gasteiger partial charge in [0.05, 0.1) is 0 Å². The van der Waals surface area contributed by atoms with Gasteiger partial charge in [0.25, 0.3) is 0 Å². The zero-order valence-electron chi connectivity index (χ0n) is 37.2. The van der Waals surface area contributed by atoms with Crippen LogP contribution < -0.4 is 0 Å². The van der Waals surface area contributed by atoms with Crippen LogP contribution in [0, 0.1) is 11.8 Å². The Morgan fingerprint density at radius 1 is 0.397 bits per heavy atom. The summed E-state index contributed by atoms with van der Waals surface area (Å²) in [5, 5.41) is 0. The van der Waals surface area contributed by atoms with E-state index in [0.717, 1.165) is 41.3 Å². The van der Waals surface area contributed by atoms with E-state index in [1.165, 1.54) is 25.7 Å². The lowest BCUT2D eigenvalue weighted by atomic mass is 9.98. The predicted molar refractivity (Wildman–Crippen MR) is 287 cm³/mol. The van der Waals surface area contributed by atoms with E-state index in [-0.39, 0.29) is 3.41 Å². The fourth-order valence-corrected chi connectivity index (χ4v) is 42.1. The van der Waals surface area contributed by atoms with Gasteiger partial charge in [0.1, 0.15) is 3.41 Å². The van der Waals surface area contributed by atoms with Crippen molar-refractivity contribution in [1.29, 1.82) is 0 Å². The molecule has 0 rings (SSSR count). The van der Waals surface area contributed by atoms with Crippen LogP contribution in [-0.2, 0) is 39.8 Å². The van der Waals surface area contributed by atoms with Gasteiger partial charge in [0.15, 0.2) is 0 Å². The van der Waals surface area contributed by atoms with Crippen molar-refractivity contribution in [2.24, 2.45) is 11.8 Å². The first-order valence-electron chi connectivity index (χ1n) is 20.7. The lowest BCUT2D eigenvalue weighted by molar-refractivity contribution is 0.0721. The maximum absolute atomic E-state index is 6.12. The number of rotatable bonds is 45. The van der Waals surface area contributed by atoms with Gasteiger partial charge in [-0.1, -0.05) is 105 Å². The molecule has 0 N–H and O–H groups in total. The third-order valence-electron chi connectivity index (χ3n) is 8.07. The molecular weight excluding hydrogens is 1020 g/mol. The average Bonchev–Trinajstić information content (AvgIpc) is 3.19. The summed E-state index contributed by atoms with van der Waals surface area (Å²) in [5.74, 6) is 3.97. The van der Waals surface area contributed by atoms with Gasteiger partial charge in [-0.05, 0) is 140 Å². The van der Waals surface area contributed by atoms with E-state index in [1.54, 1.807) is 0 Å². The zero-order chi connectivity index (χ0) is 43.4. The quantitative estimate of drug-likeness (QED) is 0.0251. The Morgan fingerprint density at radius 2 is 0.672 bits per heavy atom. The highest BCUT2D eigenvalue weighted by Gasteiger charge is 2.43. The Morgan fingerprint density at radius 3 is 0.914 bits per heavy atom. The van der Waals surface area contributed by atoms with Crippen molar-refractivity contribution in [3.05, 3.63) is 0 Å². The maximum atomic E-state index is 6.12. The van der Waals surface area contributed by atoms with Gasteiger partial charge < -0.3 is 39.8 Å². The van der Waals surface area contributed by atoms with E-state index in [9.17, 15) is 0 Å². The molecule has 0 fully saturated rings. The molecule has 0 heterocycles. The summed E-state index contributed by atoms with van der Waals surface area (Å²) in [6.45, 7) is 30.7. The van der Waals surface area contributed by atoms with Gasteiger partial charge in [-0.15, -0.1) is 0 Å². The minimum Gasteiger partial charge on any atom is -0.374 e. The van der Waals surface area contributed by atoms with E-state index in [4.69, 9.17) is 39.8 Å². The molecule has 0 amide bonds. The molecule has 0 radical (unpaired) electrons. The smallest absolute Gasteiger partial charge is 0.374 e. The molecule has 0 aromatic carbocycles. The number of hydrogen-bond acceptors (Lipinski definition) is 21. The van der Waals surface area contributed by atoms with Gasteiger partial charge in [-0.2, -0.15) is 0 Å². The highest BCUT2D eigenvalue weighted by molar-refractivity contribution is 9.32. The molecular formula is C34H76O9S12Si3. The predicted octanol–water partition coefficient (Wildman–Crippen LogP) is 15.7. The Balaban J connectivity index is 5.95. The first kappa shape index (κ1) is 62.5. The molecule has 0 aliphatic carbocycles. The Labute approximate surface area is 404 Å². The average molecular weight is 1100 g/mol. The fraction of sp³-hybridized carbons (Fsp3) is 1.00. The molecule has 24 heteroatoms. The van der Waals surface area contributed by atoms with E-state index in [1.807, 2.05) is 186 Å². The highest BCUT2D eigenvalue weighted by Crippen LogP contribution is 2.70. The van der Waals surface area contributed by atoms with Crippen LogP contribution in [0.15, 0.2) is 0 Å². The molecule has 2 unspecified atom stereocenters. The molecule has 0 aliphatic rings. The highest BCUT2D eigenvalue weighted by atomic mass is 33.7. The van der Waals surface area contributed by atoms with Crippen LogP contribution in [0.3, 0.4) is 0 Å². The summed E-state index contributed by atoms with van der Waals surface area (Å²) in [7, 11) is 14.9. The first-order valence-corrected chi connectivity index (χ1v) is 41.5. The van der Waals surface area contributed by atoms with Crippen LogP contribution in [-0.4, -0.2) is 107 Å². The zero-order valence-corrected chi connectivity index (χ0v) is 50.0. The summed E-state index contributed by atoms with van der Waals surface area (Å²) in [5.41, 5.74) is 0. The minimum absolute atomic E-state index is 0.0917. The van der Waals surface area contributed by atoms with Crippen LogP contribution in [0.1, 0.15) is 109 Å². The van der Waals surface area contributed by atoms with Crippen LogP contribution in [0.25, 0.3) is 0 Å². The Kier molecular flexibility index (Phi) is 43.7. The third kappa shape index (κ3) is 28.0.